The van der Waals surface area contributed by atoms with E-state index in [1.165, 1.54) is 0 Å². The van der Waals surface area contributed by atoms with Gasteiger partial charge in [0, 0.05) is 12.6 Å². The Morgan fingerprint density at radius 3 is 2.33 bits per heavy atom. The highest BCUT2D eigenvalue weighted by Gasteiger charge is 2.48. The molecule has 0 aromatic carbocycles. The van der Waals surface area contributed by atoms with Crippen LogP contribution in [0.3, 0.4) is 0 Å². The molecule has 2 aliphatic rings. The third kappa shape index (κ3) is 2.30. The maximum Gasteiger partial charge on any atom is 0.401 e. The number of rotatable bonds is 2. The van der Waals surface area contributed by atoms with Gasteiger partial charge < -0.3 is 0 Å². The first-order valence-corrected chi connectivity index (χ1v) is 5.67. The summed E-state index contributed by atoms with van der Waals surface area (Å²) in [5.41, 5.74) is 0. The predicted molar refractivity (Wildman–Crippen MR) is 52.5 cm³/mol. The molecular weight excluding hydrogens is 203 g/mol. The van der Waals surface area contributed by atoms with Crippen molar-refractivity contribution in [3.05, 3.63) is 0 Å². The lowest BCUT2D eigenvalue weighted by Gasteiger charge is -2.33. The number of piperidine rings is 1. The third-order valence-electron chi connectivity index (χ3n) is 3.95. The summed E-state index contributed by atoms with van der Waals surface area (Å²) < 4.78 is 36.7. The molecule has 15 heavy (non-hydrogen) atoms. The molecule has 1 saturated carbocycles. The third-order valence-corrected chi connectivity index (χ3v) is 3.95. The number of hydrogen-bond donors (Lipinski definition) is 0. The van der Waals surface area contributed by atoms with Crippen LogP contribution in [-0.2, 0) is 0 Å². The number of halogens is 3. The Hall–Kier alpha value is -0.250. The molecule has 1 saturated heterocycles. The molecule has 3 atom stereocenters. The number of nitrogens with zero attached hydrogens (tertiary/aromatic N) is 1. The minimum Gasteiger partial charge on any atom is -0.292 e. The van der Waals surface area contributed by atoms with Crippen LogP contribution < -0.4 is 0 Å². The highest BCUT2D eigenvalue weighted by Crippen LogP contribution is 2.45. The minimum absolute atomic E-state index is 0.198. The van der Waals surface area contributed by atoms with E-state index in [9.17, 15) is 13.2 Å². The molecule has 0 N–H and O–H groups in total. The minimum atomic E-state index is -4.03. The van der Waals surface area contributed by atoms with Crippen molar-refractivity contribution in [2.24, 2.45) is 17.8 Å². The fraction of sp³-hybridized carbons (Fsp3) is 1.00. The molecule has 2 rings (SSSR count). The van der Waals surface area contributed by atoms with Crippen LogP contribution >= 0.6 is 0 Å². The number of hydrogen-bond acceptors (Lipinski definition) is 1. The van der Waals surface area contributed by atoms with Crippen LogP contribution in [0.2, 0.25) is 0 Å². The quantitative estimate of drug-likeness (QED) is 0.693. The molecule has 1 heterocycles. The lowest BCUT2D eigenvalue weighted by Crippen LogP contribution is -2.42. The van der Waals surface area contributed by atoms with E-state index in [1.807, 2.05) is 0 Å². The first kappa shape index (κ1) is 11.2. The number of likely N-dealkylation sites (tertiary alicyclic amines) is 1. The fourth-order valence-electron chi connectivity index (χ4n) is 3.33. The van der Waals surface area contributed by atoms with Gasteiger partial charge in [0.25, 0.3) is 0 Å². The highest BCUT2D eigenvalue weighted by atomic mass is 19.4. The zero-order valence-electron chi connectivity index (χ0n) is 9.22. The van der Waals surface area contributed by atoms with Crippen LogP contribution in [0.5, 0.6) is 0 Å². The first-order valence-electron chi connectivity index (χ1n) is 5.67. The molecule has 0 amide bonds. The molecule has 2 fully saturated rings. The first-order chi connectivity index (χ1) is 6.87. The van der Waals surface area contributed by atoms with E-state index >= 15 is 0 Å². The molecule has 0 radical (unpaired) electrons. The number of alkyl halides is 3. The maximum absolute atomic E-state index is 12.2. The SMILES string of the molecule is CC(C)C1CC2CC1CN2CC(F)(F)F. The van der Waals surface area contributed by atoms with Gasteiger partial charge >= 0.3 is 6.18 Å². The van der Waals surface area contributed by atoms with Crippen molar-refractivity contribution >= 4 is 0 Å². The lowest BCUT2D eigenvalue weighted by molar-refractivity contribution is -0.150. The second-order valence-corrected chi connectivity index (χ2v) is 5.34. The molecule has 88 valence electrons. The van der Waals surface area contributed by atoms with E-state index in [1.54, 1.807) is 4.90 Å². The van der Waals surface area contributed by atoms with Crippen LogP contribution in [0.4, 0.5) is 13.2 Å². The van der Waals surface area contributed by atoms with Crippen molar-refractivity contribution in [3.63, 3.8) is 0 Å². The zero-order chi connectivity index (χ0) is 11.2. The molecule has 1 nitrogen and oxygen atoms in total. The molecule has 0 aromatic heterocycles. The lowest BCUT2D eigenvalue weighted by atomic mass is 9.85. The van der Waals surface area contributed by atoms with Gasteiger partial charge in [-0.05, 0) is 30.6 Å². The van der Waals surface area contributed by atoms with E-state index in [2.05, 4.69) is 13.8 Å². The van der Waals surface area contributed by atoms with Gasteiger partial charge in [-0.1, -0.05) is 13.8 Å². The molecule has 1 aliphatic heterocycles. The van der Waals surface area contributed by atoms with E-state index in [-0.39, 0.29) is 6.04 Å². The second-order valence-electron chi connectivity index (χ2n) is 5.34. The molecule has 4 heteroatoms. The van der Waals surface area contributed by atoms with Crippen molar-refractivity contribution in [2.75, 3.05) is 13.1 Å². The van der Waals surface area contributed by atoms with Gasteiger partial charge in [-0.25, -0.2) is 0 Å². The normalized spacial score (nSPS) is 36.8. The number of fused-ring (bicyclic) bond motifs is 2. The van der Waals surface area contributed by atoms with Crippen molar-refractivity contribution < 1.29 is 13.2 Å². The molecular formula is C11H18F3N. The van der Waals surface area contributed by atoms with E-state index < -0.39 is 12.7 Å². The van der Waals surface area contributed by atoms with Gasteiger partial charge in [0.05, 0.1) is 6.54 Å². The summed E-state index contributed by atoms with van der Waals surface area (Å²) in [5.74, 6) is 1.78. The maximum atomic E-state index is 12.2. The summed E-state index contributed by atoms with van der Waals surface area (Å²) >= 11 is 0. The Morgan fingerprint density at radius 2 is 1.93 bits per heavy atom. The van der Waals surface area contributed by atoms with E-state index in [0.29, 0.717) is 24.3 Å². The van der Waals surface area contributed by atoms with Gasteiger partial charge in [0.15, 0.2) is 0 Å². The smallest absolute Gasteiger partial charge is 0.292 e. The fourth-order valence-corrected chi connectivity index (χ4v) is 3.33. The van der Waals surface area contributed by atoms with Gasteiger partial charge in [-0.3, -0.25) is 4.90 Å². The summed E-state index contributed by atoms with van der Waals surface area (Å²) in [6, 6.07) is 0.198. The molecule has 0 spiro atoms. The standard InChI is InChI=1S/C11H18F3N/c1-7(2)10-4-9-3-8(10)5-15(9)6-11(12,13)14/h7-10H,3-6H2,1-2H3. The summed E-state index contributed by atoms with van der Waals surface area (Å²) in [6.07, 6.45) is -2.07. The van der Waals surface area contributed by atoms with Gasteiger partial charge in [0.2, 0.25) is 0 Å². The Bertz CT molecular complexity index is 236. The van der Waals surface area contributed by atoms with Gasteiger partial charge in [-0.2, -0.15) is 13.2 Å². The summed E-state index contributed by atoms with van der Waals surface area (Å²) in [5, 5.41) is 0. The second kappa shape index (κ2) is 3.65. The summed E-state index contributed by atoms with van der Waals surface area (Å²) in [6.45, 7) is 4.31. The Balaban J connectivity index is 1.92. The zero-order valence-corrected chi connectivity index (χ0v) is 9.22. The average Bonchev–Trinajstić information content (AvgIpc) is 2.58. The van der Waals surface area contributed by atoms with Gasteiger partial charge in [0.1, 0.15) is 0 Å². The Morgan fingerprint density at radius 1 is 1.27 bits per heavy atom. The predicted octanol–water partition coefficient (Wildman–Crippen LogP) is 2.92. The van der Waals surface area contributed by atoms with E-state index in [4.69, 9.17) is 0 Å². The molecule has 0 aromatic rings. The van der Waals surface area contributed by atoms with Crippen LogP contribution in [0.15, 0.2) is 0 Å². The Kier molecular flexibility index (Phi) is 2.73. The molecule has 3 unspecified atom stereocenters. The van der Waals surface area contributed by atoms with Crippen molar-refractivity contribution in [2.45, 2.75) is 38.9 Å². The van der Waals surface area contributed by atoms with Crippen molar-refractivity contribution in [1.29, 1.82) is 0 Å². The van der Waals surface area contributed by atoms with Crippen LogP contribution in [0, 0.1) is 17.8 Å². The Labute approximate surface area is 88.6 Å². The average molecular weight is 221 g/mol. The summed E-state index contributed by atoms with van der Waals surface area (Å²) in [4.78, 5) is 1.63. The van der Waals surface area contributed by atoms with E-state index in [0.717, 1.165) is 12.8 Å². The van der Waals surface area contributed by atoms with Crippen molar-refractivity contribution in [1.82, 2.24) is 4.90 Å². The monoisotopic (exact) mass is 221 g/mol. The van der Waals surface area contributed by atoms with Crippen LogP contribution in [-0.4, -0.2) is 30.2 Å². The van der Waals surface area contributed by atoms with Gasteiger partial charge in [-0.15, -0.1) is 0 Å². The highest BCUT2D eigenvalue weighted by molar-refractivity contribution is 4.98. The van der Waals surface area contributed by atoms with Crippen LogP contribution in [0.1, 0.15) is 26.7 Å². The topological polar surface area (TPSA) is 3.24 Å². The van der Waals surface area contributed by atoms with Crippen LogP contribution in [0.25, 0.3) is 0 Å². The van der Waals surface area contributed by atoms with Crippen molar-refractivity contribution in [3.8, 4) is 0 Å². The molecule has 2 bridgehead atoms. The summed E-state index contributed by atoms with van der Waals surface area (Å²) in [7, 11) is 0. The molecule has 1 aliphatic carbocycles. The largest absolute Gasteiger partial charge is 0.401 e.